The molecule has 0 aliphatic heterocycles. The van der Waals surface area contributed by atoms with Crippen molar-refractivity contribution >= 4 is 11.7 Å². The van der Waals surface area contributed by atoms with Crippen molar-refractivity contribution in [3.05, 3.63) is 23.4 Å². The molecule has 2 unspecified atom stereocenters. The van der Waals surface area contributed by atoms with Crippen LogP contribution in [0.2, 0.25) is 0 Å². The molecular weight excluding hydrogens is 228 g/mol. The fourth-order valence-electron chi connectivity index (χ4n) is 2.17. The Morgan fingerprint density at radius 2 is 2.28 bits per heavy atom. The summed E-state index contributed by atoms with van der Waals surface area (Å²) in [6.45, 7) is 4.89. The molecule has 0 aromatic carbocycles. The molecule has 3 N–H and O–H groups in total. The maximum atomic E-state index is 12.3. The third-order valence-corrected chi connectivity index (χ3v) is 3.48. The van der Waals surface area contributed by atoms with E-state index in [1.807, 2.05) is 14.0 Å². The standard InChI is InChI=1S/C13H20N4O/c1-8-4-11(8)7-17(3)13(18)10-5-9(2)15-12(6-10)16-14/h5-6,8,11H,4,7,14H2,1-3H3,(H,15,16). The van der Waals surface area contributed by atoms with E-state index in [2.05, 4.69) is 17.3 Å². The smallest absolute Gasteiger partial charge is 0.253 e. The molecule has 0 bridgehead atoms. The van der Waals surface area contributed by atoms with Gasteiger partial charge in [0.25, 0.3) is 5.91 Å². The van der Waals surface area contributed by atoms with Gasteiger partial charge in [-0.05, 0) is 37.3 Å². The average Bonchev–Trinajstić information content (AvgIpc) is 3.02. The molecule has 5 nitrogen and oxygen atoms in total. The molecule has 1 aromatic heterocycles. The van der Waals surface area contributed by atoms with E-state index >= 15 is 0 Å². The highest BCUT2D eigenvalue weighted by Crippen LogP contribution is 2.38. The molecule has 1 aliphatic carbocycles. The van der Waals surface area contributed by atoms with E-state index < -0.39 is 0 Å². The molecule has 1 aliphatic rings. The predicted octanol–water partition coefficient (Wildman–Crippen LogP) is 1.40. The Morgan fingerprint density at radius 3 is 2.83 bits per heavy atom. The Labute approximate surface area is 107 Å². The van der Waals surface area contributed by atoms with Crippen molar-refractivity contribution in [1.29, 1.82) is 0 Å². The SMILES string of the molecule is Cc1cc(C(=O)N(C)CC2CC2C)cc(NN)n1. The van der Waals surface area contributed by atoms with Crippen LogP contribution in [-0.4, -0.2) is 29.4 Å². The summed E-state index contributed by atoms with van der Waals surface area (Å²) in [7, 11) is 1.85. The molecule has 2 rings (SSSR count). The molecule has 1 heterocycles. The first-order chi connectivity index (χ1) is 8.51. The van der Waals surface area contributed by atoms with Crippen LogP contribution in [0.1, 0.15) is 29.4 Å². The van der Waals surface area contributed by atoms with E-state index in [9.17, 15) is 4.79 Å². The molecule has 18 heavy (non-hydrogen) atoms. The molecule has 5 heteroatoms. The van der Waals surface area contributed by atoms with E-state index in [0.29, 0.717) is 17.3 Å². The molecule has 1 saturated carbocycles. The Hall–Kier alpha value is -1.62. The molecule has 1 fully saturated rings. The summed E-state index contributed by atoms with van der Waals surface area (Å²) in [4.78, 5) is 18.2. The van der Waals surface area contributed by atoms with Crippen molar-refractivity contribution in [2.75, 3.05) is 19.0 Å². The van der Waals surface area contributed by atoms with Crippen LogP contribution in [0.15, 0.2) is 12.1 Å². The number of aryl methyl sites for hydroxylation is 1. The van der Waals surface area contributed by atoms with Crippen molar-refractivity contribution in [3.63, 3.8) is 0 Å². The lowest BCUT2D eigenvalue weighted by molar-refractivity contribution is 0.0787. The number of carbonyl (C=O) groups is 1. The summed E-state index contributed by atoms with van der Waals surface area (Å²) in [6, 6.07) is 3.47. The number of hydrogen-bond donors (Lipinski definition) is 2. The van der Waals surface area contributed by atoms with Crippen molar-refractivity contribution < 1.29 is 4.79 Å². The maximum Gasteiger partial charge on any atom is 0.253 e. The summed E-state index contributed by atoms with van der Waals surface area (Å²) < 4.78 is 0. The van der Waals surface area contributed by atoms with Gasteiger partial charge in [0.15, 0.2) is 0 Å². The number of nitrogens with two attached hydrogens (primary N) is 1. The van der Waals surface area contributed by atoms with Crippen LogP contribution in [0.3, 0.4) is 0 Å². The number of amides is 1. The minimum Gasteiger partial charge on any atom is -0.341 e. The van der Waals surface area contributed by atoms with Crippen LogP contribution in [-0.2, 0) is 0 Å². The predicted molar refractivity (Wildman–Crippen MR) is 71.0 cm³/mol. The number of nitrogens with zero attached hydrogens (tertiary/aromatic N) is 2. The van der Waals surface area contributed by atoms with Crippen LogP contribution in [0.5, 0.6) is 0 Å². The molecular formula is C13H20N4O. The highest BCUT2D eigenvalue weighted by molar-refractivity contribution is 5.94. The fraction of sp³-hybridized carbons (Fsp3) is 0.538. The first-order valence-electron chi connectivity index (χ1n) is 6.22. The van der Waals surface area contributed by atoms with Gasteiger partial charge in [-0.1, -0.05) is 6.92 Å². The van der Waals surface area contributed by atoms with Gasteiger partial charge in [0, 0.05) is 24.8 Å². The topological polar surface area (TPSA) is 71.2 Å². The third kappa shape index (κ3) is 2.79. The van der Waals surface area contributed by atoms with E-state index in [-0.39, 0.29) is 5.91 Å². The normalized spacial score (nSPS) is 21.6. The van der Waals surface area contributed by atoms with Gasteiger partial charge in [0.2, 0.25) is 0 Å². The Kier molecular flexibility index (Phi) is 3.52. The van der Waals surface area contributed by atoms with Gasteiger partial charge in [-0.25, -0.2) is 10.8 Å². The van der Waals surface area contributed by atoms with Gasteiger partial charge < -0.3 is 10.3 Å². The quantitative estimate of drug-likeness (QED) is 0.624. The molecule has 0 saturated heterocycles. The van der Waals surface area contributed by atoms with Crippen molar-refractivity contribution in [1.82, 2.24) is 9.88 Å². The highest BCUT2D eigenvalue weighted by Gasteiger charge is 2.34. The molecule has 0 radical (unpaired) electrons. The van der Waals surface area contributed by atoms with Crippen LogP contribution in [0, 0.1) is 18.8 Å². The van der Waals surface area contributed by atoms with E-state index in [1.165, 1.54) is 6.42 Å². The summed E-state index contributed by atoms with van der Waals surface area (Å²) in [5.74, 6) is 7.29. The van der Waals surface area contributed by atoms with Gasteiger partial charge in [-0.3, -0.25) is 4.79 Å². The second-order valence-electron chi connectivity index (χ2n) is 5.19. The van der Waals surface area contributed by atoms with Crippen LogP contribution in [0.4, 0.5) is 5.82 Å². The van der Waals surface area contributed by atoms with Crippen molar-refractivity contribution in [2.24, 2.45) is 17.7 Å². The van der Waals surface area contributed by atoms with Gasteiger partial charge in [0.05, 0.1) is 0 Å². The van der Waals surface area contributed by atoms with Crippen LogP contribution < -0.4 is 11.3 Å². The Balaban J connectivity index is 2.09. The van der Waals surface area contributed by atoms with Crippen molar-refractivity contribution in [2.45, 2.75) is 20.3 Å². The van der Waals surface area contributed by atoms with Crippen molar-refractivity contribution in [3.8, 4) is 0 Å². The van der Waals surface area contributed by atoms with E-state index in [0.717, 1.165) is 18.2 Å². The first kappa shape index (κ1) is 12.8. The van der Waals surface area contributed by atoms with Gasteiger partial charge >= 0.3 is 0 Å². The molecule has 0 spiro atoms. The lowest BCUT2D eigenvalue weighted by atomic mass is 10.2. The summed E-state index contributed by atoms with van der Waals surface area (Å²) in [5.41, 5.74) is 3.89. The van der Waals surface area contributed by atoms with Gasteiger partial charge in [-0.2, -0.15) is 0 Å². The minimum absolute atomic E-state index is 0.0242. The molecule has 1 amide bonds. The second kappa shape index (κ2) is 4.94. The average molecular weight is 248 g/mol. The lowest BCUT2D eigenvalue weighted by Gasteiger charge is -2.17. The molecule has 1 aromatic rings. The number of nitrogens with one attached hydrogen (secondary N) is 1. The van der Waals surface area contributed by atoms with E-state index in [1.54, 1.807) is 17.0 Å². The largest absolute Gasteiger partial charge is 0.341 e. The number of carbonyl (C=O) groups excluding carboxylic acids is 1. The monoisotopic (exact) mass is 248 g/mol. The number of pyridine rings is 1. The fourth-order valence-corrected chi connectivity index (χ4v) is 2.17. The number of nitrogen functional groups attached to an aromatic ring is 1. The number of rotatable bonds is 4. The summed E-state index contributed by atoms with van der Waals surface area (Å²) in [5, 5.41) is 0. The highest BCUT2D eigenvalue weighted by atomic mass is 16.2. The summed E-state index contributed by atoms with van der Waals surface area (Å²) >= 11 is 0. The number of hydrazine groups is 1. The van der Waals surface area contributed by atoms with E-state index in [4.69, 9.17) is 5.84 Å². The van der Waals surface area contributed by atoms with Crippen LogP contribution in [0.25, 0.3) is 0 Å². The summed E-state index contributed by atoms with van der Waals surface area (Å²) in [6.07, 6.45) is 1.22. The number of aromatic nitrogens is 1. The Bertz CT molecular complexity index is 460. The first-order valence-corrected chi connectivity index (χ1v) is 6.22. The maximum absolute atomic E-state index is 12.3. The molecule has 98 valence electrons. The van der Waals surface area contributed by atoms with Crippen LogP contribution >= 0.6 is 0 Å². The molecule has 2 atom stereocenters. The lowest BCUT2D eigenvalue weighted by Crippen LogP contribution is -2.29. The number of hydrogen-bond acceptors (Lipinski definition) is 4. The zero-order valence-corrected chi connectivity index (χ0v) is 11.1. The zero-order chi connectivity index (χ0) is 13.3. The number of anilines is 1. The Morgan fingerprint density at radius 1 is 1.61 bits per heavy atom. The third-order valence-electron chi connectivity index (χ3n) is 3.48. The van der Waals surface area contributed by atoms with Gasteiger partial charge in [0.1, 0.15) is 5.82 Å². The minimum atomic E-state index is 0.0242. The zero-order valence-electron chi connectivity index (χ0n) is 11.1. The second-order valence-corrected chi connectivity index (χ2v) is 5.19. The van der Waals surface area contributed by atoms with Gasteiger partial charge in [-0.15, -0.1) is 0 Å².